The summed E-state index contributed by atoms with van der Waals surface area (Å²) in [5, 5.41) is 10.3. The van der Waals surface area contributed by atoms with Gasteiger partial charge in [0.25, 0.3) is 11.5 Å². The summed E-state index contributed by atoms with van der Waals surface area (Å²) in [5.74, 6) is -0.138. The fourth-order valence-electron chi connectivity index (χ4n) is 2.88. The van der Waals surface area contributed by atoms with E-state index < -0.39 is 46.2 Å². The van der Waals surface area contributed by atoms with Crippen LogP contribution in [0.5, 0.6) is 0 Å². The van der Waals surface area contributed by atoms with Gasteiger partial charge < -0.3 is 30.3 Å². The van der Waals surface area contributed by atoms with Gasteiger partial charge in [0.05, 0.1) is 19.8 Å². The molecule has 28 heavy (non-hydrogen) atoms. The van der Waals surface area contributed by atoms with E-state index in [-0.39, 0.29) is 23.5 Å². The standard InChI is InChI=1S/C11H17N5O10P2/c1-15-4-16(8-7(15)9(18)14-11(12)13-8)10-6(17)2-5(25-10)3-24-28(22,23)26-27(19,20)21/h4-6,10,17H,2-3H2,1H3,(H5-,12,13,14,18,19,20,21,22,23)/p+1/t5-,6+,10+/m0/s1. The monoisotopic (exact) mass is 442 g/mol. The fraction of sp³-hybridized carbons (Fsp3) is 0.545. The molecule has 0 amide bonds. The molecule has 1 saturated heterocycles. The first-order valence-corrected chi connectivity index (χ1v) is 10.7. The zero-order valence-corrected chi connectivity index (χ0v) is 16.1. The molecule has 0 saturated carbocycles. The number of aromatic amines is 1. The van der Waals surface area contributed by atoms with Crippen LogP contribution in [-0.4, -0.2) is 53.1 Å². The molecular weight excluding hydrogens is 424 g/mol. The van der Waals surface area contributed by atoms with Gasteiger partial charge in [-0.25, -0.2) is 13.7 Å². The molecule has 15 nitrogen and oxygen atoms in total. The summed E-state index contributed by atoms with van der Waals surface area (Å²) in [6.45, 7) is -0.594. The molecule has 0 aliphatic carbocycles. The fourth-order valence-corrected chi connectivity index (χ4v) is 4.50. The van der Waals surface area contributed by atoms with Gasteiger partial charge in [-0.3, -0.25) is 18.9 Å². The first-order chi connectivity index (χ1) is 12.9. The van der Waals surface area contributed by atoms with Crippen LogP contribution < -0.4 is 15.9 Å². The Kier molecular flexibility index (Phi) is 5.49. The molecule has 0 bridgehead atoms. The third kappa shape index (κ3) is 4.49. The van der Waals surface area contributed by atoms with Crippen LogP contribution in [0.4, 0.5) is 5.95 Å². The number of nitrogens with zero attached hydrogens (tertiary/aromatic N) is 3. The minimum absolute atomic E-state index is 0.0390. The first kappa shape index (κ1) is 21.0. The highest BCUT2D eigenvalue weighted by atomic mass is 31.3. The molecule has 7 N–H and O–H groups in total. The quantitative estimate of drug-likeness (QED) is 0.211. The number of ether oxygens (including phenoxy) is 1. The highest BCUT2D eigenvalue weighted by molar-refractivity contribution is 7.60. The number of H-pyrrole nitrogens is 1. The van der Waals surface area contributed by atoms with Gasteiger partial charge in [0.1, 0.15) is 6.10 Å². The van der Waals surface area contributed by atoms with Crippen LogP contribution in [0.15, 0.2) is 11.1 Å². The number of phosphoric ester groups is 1. The predicted molar refractivity (Wildman–Crippen MR) is 89.4 cm³/mol. The van der Waals surface area contributed by atoms with E-state index in [1.807, 2.05) is 0 Å². The third-order valence-corrected chi connectivity index (χ3v) is 6.01. The topological polar surface area (TPSA) is 223 Å². The molecule has 17 heteroatoms. The summed E-state index contributed by atoms with van der Waals surface area (Å²) in [4.78, 5) is 44.9. The zero-order valence-electron chi connectivity index (χ0n) is 14.3. The number of fused-ring (bicyclic) bond motifs is 1. The lowest BCUT2D eigenvalue weighted by atomic mass is 10.2. The van der Waals surface area contributed by atoms with Gasteiger partial charge in [-0.2, -0.15) is 4.31 Å². The minimum Gasteiger partial charge on any atom is -0.387 e. The third-order valence-electron chi connectivity index (χ3n) is 3.86. The van der Waals surface area contributed by atoms with E-state index in [0.717, 1.165) is 0 Å². The van der Waals surface area contributed by atoms with Gasteiger partial charge in [-0.15, -0.1) is 0 Å². The van der Waals surface area contributed by atoms with Crippen molar-refractivity contribution in [1.82, 2.24) is 14.5 Å². The van der Waals surface area contributed by atoms with Gasteiger partial charge in [-0.1, -0.05) is 4.98 Å². The number of aromatic nitrogens is 4. The number of anilines is 1. The maximum absolute atomic E-state index is 12.1. The number of nitrogen functional groups attached to an aromatic ring is 1. The van der Waals surface area contributed by atoms with Crippen molar-refractivity contribution in [1.29, 1.82) is 0 Å². The predicted octanol–water partition coefficient (Wildman–Crippen LogP) is -1.99. The molecule has 1 aliphatic heterocycles. The zero-order chi connectivity index (χ0) is 20.9. The van der Waals surface area contributed by atoms with Crippen LogP contribution in [0.2, 0.25) is 0 Å². The van der Waals surface area contributed by atoms with Crippen molar-refractivity contribution in [3.05, 3.63) is 16.7 Å². The molecular formula is C11H18N5O10P2+. The van der Waals surface area contributed by atoms with Gasteiger partial charge in [0.2, 0.25) is 11.7 Å². The van der Waals surface area contributed by atoms with Gasteiger partial charge in [0.15, 0.2) is 6.33 Å². The van der Waals surface area contributed by atoms with Crippen molar-refractivity contribution in [3.8, 4) is 0 Å². The average molecular weight is 442 g/mol. The van der Waals surface area contributed by atoms with Gasteiger partial charge in [0, 0.05) is 6.42 Å². The molecule has 156 valence electrons. The molecule has 1 aliphatic rings. The van der Waals surface area contributed by atoms with E-state index in [0.29, 0.717) is 0 Å². The molecule has 2 aromatic heterocycles. The second-order valence-electron chi connectivity index (χ2n) is 6.05. The maximum Gasteiger partial charge on any atom is 0.481 e. The van der Waals surface area contributed by atoms with E-state index in [2.05, 4.69) is 18.8 Å². The van der Waals surface area contributed by atoms with Crippen molar-refractivity contribution in [2.24, 2.45) is 7.05 Å². The summed E-state index contributed by atoms with van der Waals surface area (Å²) in [6.07, 6.45) is -1.62. The molecule has 4 atom stereocenters. The van der Waals surface area contributed by atoms with Crippen LogP contribution in [0.25, 0.3) is 11.2 Å². The SMILES string of the molecule is Cn1c[n+]([C@@H]2O[C@H](COP(=O)(O)OP(=O)(O)O)C[C@H]2O)c2nc(N)[nH]c(=O)c21. The van der Waals surface area contributed by atoms with Crippen molar-refractivity contribution in [3.63, 3.8) is 0 Å². The Hall–Kier alpha value is -1.67. The van der Waals surface area contributed by atoms with Crippen molar-refractivity contribution >= 4 is 32.8 Å². The summed E-state index contributed by atoms with van der Waals surface area (Å²) >= 11 is 0. The summed E-state index contributed by atoms with van der Waals surface area (Å²) in [6, 6.07) is 0. The van der Waals surface area contributed by atoms with Crippen LogP contribution in [0.3, 0.4) is 0 Å². The Morgan fingerprint density at radius 3 is 2.79 bits per heavy atom. The van der Waals surface area contributed by atoms with Crippen molar-refractivity contribution in [2.75, 3.05) is 12.3 Å². The second kappa shape index (κ2) is 7.30. The van der Waals surface area contributed by atoms with E-state index in [1.54, 1.807) is 7.05 Å². The number of hydrogen-bond acceptors (Lipinski definition) is 9. The second-order valence-corrected chi connectivity index (χ2v) is 8.87. The molecule has 1 unspecified atom stereocenters. The lowest BCUT2D eigenvalue weighted by molar-refractivity contribution is -0.745. The van der Waals surface area contributed by atoms with Gasteiger partial charge in [-0.05, 0) is 0 Å². The largest absolute Gasteiger partial charge is 0.481 e. The number of hydrogen-bond donors (Lipinski definition) is 6. The van der Waals surface area contributed by atoms with Crippen LogP contribution in [0, 0.1) is 0 Å². The number of phosphoric acid groups is 2. The maximum atomic E-state index is 12.1. The molecule has 3 rings (SSSR count). The lowest BCUT2D eigenvalue weighted by Crippen LogP contribution is -2.44. The number of nitrogens with two attached hydrogens (primary N) is 1. The van der Waals surface area contributed by atoms with E-state index >= 15 is 0 Å². The molecule has 0 spiro atoms. The van der Waals surface area contributed by atoms with Crippen LogP contribution in [0.1, 0.15) is 12.6 Å². The van der Waals surface area contributed by atoms with Crippen molar-refractivity contribution < 1.29 is 47.1 Å². The highest BCUT2D eigenvalue weighted by Crippen LogP contribution is 2.57. The molecule has 2 aromatic rings. The Morgan fingerprint density at radius 2 is 2.14 bits per heavy atom. The summed E-state index contributed by atoms with van der Waals surface area (Å²) in [7, 11) is -8.70. The van der Waals surface area contributed by atoms with Crippen molar-refractivity contribution in [2.45, 2.75) is 24.9 Å². The van der Waals surface area contributed by atoms with Crippen LogP contribution in [-0.2, 0) is 29.7 Å². The number of aryl methyl sites for hydroxylation is 1. The highest BCUT2D eigenvalue weighted by Gasteiger charge is 2.42. The number of aliphatic hydroxyl groups is 1. The normalized spacial score (nSPS) is 25.2. The van der Waals surface area contributed by atoms with E-state index in [9.17, 15) is 23.9 Å². The Labute approximate surface area is 156 Å². The van der Waals surface area contributed by atoms with E-state index in [4.69, 9.17) is 20.3 Å². The number of rotatable bonds is 6. The molecule has 3 heterocycles. The molecule has 0 radical (unpaired) electrons. The van der Waals surface area contributed by atoms with E-state index in [1.165, 1.54) is 15.5 Å². The summed E-state index contributed by atoms with van der Waals surface area (Å²) < 4.78 is 38.8. The summed E-state index contributed by atoms with van der Waals surface area (Å²) in [5.41, 5.74) is 5.39. The van der Waals surface area contributed by atoms with Crippen LogP contribution >= 0.6 is 15.6 Å². The number of nitrogens with one attached hydrogen (secondary N) is 1. The number of aliphatic hydroxyl groups excluding tert-OH is 1. The lowest BCUT2D eigenvalue weighted by Gasteiger charge is -2.15. The molecule has 1 fully saturated rings. The Bertz CT molecular complexity index is 1050. The average Bonchev–Trinajstić information content (AvgIpc) is 3.03. The first-order valence-electron chi connectivity index (χ1n) is 7.70. The smallest absolute Gasteiger partial charge is 0.387 e. The Balaban J connectivity index is 1.78. The minimum atomic E-state index is -5.24. The Morgan fingerprint density at radius 1 is 1.46 bits per heavy atom. The number of imidazole rings is 1. The van der Waals surface area contributed by atoms with Gasteiger partial charge >= 0.3 is 21.3 Å². The molecule has 0 aromatic carbocycles.